The predicted octanol–water partition coefficient (Wildman–Crippen LogP) is 4.07. The van der Waals surface area contributed by atoms with Gasteiger partial charge in [-0.1, -0.05) is 32.3 Å². The lowest BCUT2D eigenvalue weighted by atomic mass is 9.67. The van der Waals surface area contributed by atoms with Gasteiger partial charge in [-0.15, -0.1) is 0 Å². The van der Waals surface area contributed by atoms with Crippen molar-refractivity contribution < 1.29 is 4.74 Å². The van der Waals surface area contributed by atoms with Crippen LogP contribution in [0.25, 0.3) is 0 Å². The molecular formula is C17H27NO. The van der Waals surface area contributed by atoms with Gasteiger partial charge < -0.3 is 10.5 Å². The number of aryl methyl sites for hydroxylation is 2. The largest absolute Gasteiger partial charge is 0.496 e. The number of nitrogens with two attached hydrogens (primary N) is 1. The van der Waals surface area contributed by atoms with Gasteiger partial charge in [-0.05, 0) is 55.4 Å². The molecule has 0 aromatic heterocycles. The molecule has 2 unspecified atom stereocenters. The highest BCUT2D eigenvalue weighted by molar-refractivity contribution is 5.45. The summed E-state index contributed by atoms with van der Waals surface area (Å²) in [5, 5.41) is 0. The molecule has 1 fully saturated rings. The molecule has 0 radical (unpaired) electrons. The molecule has 1 aromatic rings. The van der Waals surface area contributed by atoms with Crippen LogP contribution in [-0.2, 0) is 5.54 Å². The van der Waals surface area contributed by atoms with E-state index in [2.05, 4.69) is 32.9 Å². The van der Waals surface area contributed by atoms with E-state index in [1.165, 1.54) is 42.4 Å². The Morgan fingerprint density at radius 3 is 2.63 bits per heavy atom. The van der Waals surface area contributed by atoms with Gasteiger partial charge in [0.25, 0.3) is 0 Å². The lowest BCUT2D eigenvalue weighted by Crippen LogP contribution is -2.46. The topological polar surface area (TPSA) is 35.2 Å². The van der Waals surface area contributed by atoms with E-state index in [1.54, 1.807) is 7.11 Å². The smallest absolute Gasteiger partial charge is 0.122 e. The molecule has 1 aromatic carbocycles. The fourth-order valence-electron chi connectivity index (χ4n) is 3.70. The summed E-state index contributed by atoms with van der Waals surface area (Å²) in [6, 6.07) is 4.39. The molecular weight excluding hydrogens is 234 g/mol. The standard InChI is InChI=1S/C17H27NO/c1-5-14-8-6-7-9-17(14,18)15-10-13(3)16(19-4)11-12(15)2/h10-11,14H,5-9,18H2,1-4H3. The summed E-state index contributed by atoms with van der Waals surface area (Å²) >= 11 is 0. The third kappa shape index (κ3) is 2.51. The number of benzene rings is 1. The molecule has 0 bridgehead atoms. The molecule has 1 aliphatic carbocycles. The summed E-state index contributed by atoms with van der Waals surface area (Å²) in [5.74, 6) is 1.57. The first-order valence-electron chi connectivity index (χ1n) is 7.47. The van der Waals surface area contributed by atoms with E-state index < -0.39 is 0 Å². The summed E-state index contributed by atoms with van der Waals surface area (Å²) in [5.41, 5.74) is 10.5. The second-order valence-corrected chi connectivity index (χ2v) is 6.03. The minimum absolute atomic E-state index is 0.145. The van der Waals surface area contributed by atoms with E-state index in [-0.39, 0.29) is 5.54 Å². The Morgan fingerprint density at radius 2 is 2.00 bits per heavy atom. The summed E-state index contributed by atoms with van der Waals surface area (Å²) in [6.07, 6.45) is 6.11. The van der Waals surface area contributed by atoms with Gasteiger partial charge in [0, 0.05) is 5.54 Å². The van der Waals surface area contributed by atoms with Crippen LogP contribution in [0, 0.1) is 19.8 Å². The summed E-state index contributed by atoms with van der Waals surface area (Å²) < 4.78 is 5.41. The third-order valence-electron chi connectivity index (χ3n) is 4.86. The third-order valence-corrected chi connectivity index (χ3v) is 4.86. The van der Waals surface area contributed by atoms with Crippen LogP contribution in [-0.4, -0.2) is 7.11 Å². The van der Waals surface area contributed by atoms with Crippen LogP contribution < -0.4 is 10.5 Å². The minimum atomic E-state index is -0.145. The monoisotopic (exact) mass is 261 g/mol. The number of ether oxygens (including phenoxy) is 1. The van der Waals surface area contributed by atoms with Crippen molar-refractivity contribution >= 4 is 0 Å². The predicted molar refractivity (Wildman–Crippen MR) is 80.6 cm³/mol. The maximum absolute atomic E-state index is 6.86. The number of methoxy groups -OCH3 is 1. The Labute approximate surface area is 117 Å². The van der Waals surface area contributed by atoms with Gasteiger partial charge >= 0.3 is 0 Å². The van der Waals surface area contributed by atoms with Gasteiger partial charge in [0.05, 0.1) is 7.11 Å². The average molecular weight is 261 g/mol. The van der Waals surface area contributed by atoms with Crippen molar-refractivity contribution in [3.63, 3.8) is 0 Å². The summed E-state index contributed by atoms with van der Waals surface area (Å²) in [4.78, 5) is 0. The molecule has 1 saturated carbocycles. The van der Waals surface area contributed by atoms with Crippen LogP contribution in [0.4, 0.5) is 0 Å². The van der Waals surface area contributed by atoms with E-state index in [9.17, 15) is 0 Å². The van der Waals surface area contributed by atoms with Crippen molar-refractivity contribution in [3.8, 4) is 5.75 Å². The molecule has 0 aliphatic heterocycles. The molecule has 2 nitrogen and oxygen atoms in total. The van der Waals surface area contributed by atoms with Gasteiger partial charge in [0.1, 0.15) is 5.75 Å². The second-order valence-electron chi connectivity index (χ2n) is 6.03. The molecule has 2 rings (SSSR count). The number of hydrogen-bond acceptors (Lipinski definition) is 2. The van der Waals surface area contributed by atoms with E-state index in [0.29, 0.717) is 5.92 Å². The minimum Gasteiger partial charge on any atom is -0.496 e. The Kier molecular flexibility index (Phi) is 4.19. The molecule has 0 spiro atoms. The highest BCUT2D eigenvalue weighted by atomic mass is 16.5. The van der Waals surface area contributed by atoms with Crippen molar-refractivity contribution in [2.75, 3.05) is 7.11 Å². The fourth-order valence-corrected chi connectivity index (χ4v) is 3.70. The van der Waals surface area contributed by atoms with E-state index in [4.69, 9.17) is 10.5 Å². The van der Waals surface area contributed by atoms with Crippen LogP contribution in [0.3, 0.4) is 0 Å². The molecule has 2 atom stereocenters. The fraction of sp³-hybridized carbons (Fsp3) is 0.647. The maximum atomic E-state index is 6.86. The zero-order valence-electron chi connectivity index (χ0n) is 12.8. The van der Waals surface area contributed by atoms with Crippen molar-refractivity contribution in [2.24, 2.45) is 11.7 Å². The Morgan fingerprint density at radius 1 is 1.26 bits per heavy atom. The van der Waals surface area contributed by atoms with Gasteiger partial charge in [-0.3, -0.25) is 0 Å². The quantitative estimate of drug-likeness (QED) is 0.890. The second kappa shape index (κ2) is 5.54. The average Bonchev–Trinajstić information content (AvgIpc) is 2.41. The van der Waals surface area contributed by atoms with Gasteiger partial charge in [0.2, 0.25) is 0 Å². The van der Waals surface area contributed by atoms with Crippen molar-refractivity contribution in [2.45, 2.75) is 58.4 Å². The van der Waals surface area contributed by atoms with Crippen LogP contribution in [0.1, 0.15) is 55.7 Å². The summed E-state index contributed by atoms with van der Waals surface area (Å²) in [6.45, 7) is 6.53. The molecule has 0 saturated heterocycles. The summed E-state index contributed by atoms with van der Waals surface area (Å²) in [7, 11) is 1.73. The zero-order chi connectivity index (χ0) is 14.0. The zero-order valence-corrected chi connectivity index (χ0v) is 12.8. The van der Waals surface area contributed by atoms with E-state index in [1.807, 2.05) is 0 Å². The Hall–Kier alpha value is -1.02. The molecule has 1 aliphatic rings. The van der Waals surface area contributed by atoms with Crippen LogP contribution in [0.5, 0.6) is 5.75 Å². The molecule has 0 heterocycles. The SMILES string of the molecule is CCC1CCCCC1(N)c1cc(C)c(OC)cc1C. The highest BCUT2D eigenvalue weighted by Crippen LogP contribution is 2.43. The lowest BCUT2D eigenvalue weighted by Gasteiger charge is -2.42. The normalized spacial score (nSPS) is 27.3. The molecule has 19 heavy (non-hydrogen) atoms. The first-order valence-corrected chi connectivity index (χ1v) is 7.47. The lowest BCUT2D eigenvalue weighted by molar-refractivity contribution is 0.183. The Bertz CT molecular complexity index is 455. The molecule has 2 N–H and O–H groups in total. The van der Waals surface area contributed by atoms with Gasteiger partial charge in [-0.25, -0.2) is 0 Å². The van der Waals surface area contributed by atoms with Crippen LogP contribution in [0.2, 0.25) is 0 Å². The van der Waals surface area contributed by atoms with Crippen molar-refractivity contribution in [3.05, 3.63) is 28.8 Å². The van der Waals surface area contributed by atoms with Gasteiger partial charge in [-0.2, -0.15) is 0 Å². The van der Waals surface area contributed by atoms with Gasteiger partial charge in [0.15, 0.2) is 0 Å². The molecule has 106 valence electrons. The Balaban J connectivity index is 2.47. The van der Waals surface area contributed by atoms with E-state index in [0.717, 1.165) is 12.2 Å². The molecule has 2 heteroatoms. The van der Waals surface area contributed by atoms with Crippen LogP contribution in [0.15, 0.2) is 12.1 Å². The highest BCUT2D eigenvalue weighted by Gasteiger charge is 2.38. The van der Waals surface area contributed by atoms with E-state index >= 15 is 0 Å². The maximum Gasteiger partial charge on any atom is 0.122 e. The van der Waals surface area contributed by atoms with Crippen molar-refractivity contribution in [1.29, 1.82) is 0 Å². The molecule has 0 amide bonds. The first kappa shape index (κ1) is 14.4. The number of hydrogen-bond donors (Lipinski definition) is 1. The number of rotatable bonds is 3. The van der Waals surface area contributed by atoms with Crippen LogP contribution >= 0.6 is 0 Å². The van der Waals surface area contributed by atoms with Crippen molar-refractivity contribution in [1.82, 2.24) is 0 Å². The first-order chi connectivity index (χ1) is 9.02.